The van der Waals surface area contributed by atoms with Crippen molar-refractivity contribution in [2.75, 3.05) is 0 Å². The van der Waals surface area contributed by atoms with E-state index in [1.54, 1.807) is 6.07 Å². The minimum atomic E-state index is -4.25. The lowest BCUT2D eigenvalue weighted by molar-refractivity contribution is 0.484. The van der Waals surface area contributed by atoms with Crippen LogP contribution in [0.1, 0.15) is 153 Å². The molecule has 38 heavy (non-hydrogen) atoms. The lowest BCUT2D eigenvalue weighted by Gasteiger charge is -2.11. The molecule has 0 amide bonds. The predicted octanol–water partition coefficient (Wildman–Crippen LogP) is 11.0. The minimum Gasteiger partial charge on any atom is -0.282 e. The van der Waals surface area contributed by atoms with Crippen molar-refractivity contribution < 1.29 is 13.0 Å². The number of benzene rings is 2. The molecule has 4 heteroatoms. The van der Waals surface area contributed by atoms with Crippen LogP contribution in [0.2, 0.25) is 0 Å². The highest BCUT2D eigenvalue weighted by Gasteiger charge is 2.16. The van der Waals surface area contributed by atoms with Crippen LogP contribution in [0, 0.1) is 0 Å². The van der Waals surface area contributed by atoms with Crippen LogP contribution in [0.15, 0.2) is 35.2 Å². The quantitative estimate of drug-likeness (QED) is 0.112. The Bertz CT molecular complexity index is 991. The van der Waals surface area contributed by atoms with E-state index in [2.05, 4.69) is 26.0 Å². The predicted molar refractivity (Wildman–Crippen MR) is 165 cm³/mol. The van der Waals surface area contributed by atoms with E-state index < -0.39 is 10.1 Å². The smallest absolute Gasteiger partial charge is 0.282 e. The van der Waals surface area contributed by atoms with Crippen molar-refractivity contribution in [1.82, 2.24) is 0 Å². The highest BCUT2D eigenvalue weighted by Crippen LogP contribution is 2.28. The molecule has 0 saturated heterocycles. The van der Waals surface area contributed by atoms with Gasteiger partial charge in [-0.1, -0.05) is 154 Å². The maximum atomic E-state index is 12.2. The third kappa shape index (κ3) is 13.6. The van der Waals surface area contributed by atoms with Crippen molar-refractivity contribution in [1.29, 1.82) is 0 Å². The Balaban J connectivity index is 1.81. The molecule has 3 nitrogen and oxygen atoms in total. The first-order chi connectivity index (χ1) is 18.5. The molecule has 0 radical (unpaired) electrons. The van der Waals surface area contributed by atoms with Gasteiger partial charge in [-0.2, -0.15) is 8.42 Å². The summed E-state index contributed by atoms with van der Waals surface area (Å²) in [7, 11) is -4.25. The third-order valence-corrected chi connectivity index (χ3v) is 8.85. The summed E-state index contributed by atoms with van der Waals surface area (Å²) in [6, 6.07) is 9.88. The number of unbranched alkanes of at least 4 members (excludes halogenated alkanes) is 18. The van der Waals surface area contributed by atoms with Gasteiger partial charge in [-0.05, 0) is 48.3 Å². The number of hydrogen-bond acceptors (Lipinski definition) is 2. The van der Waals surface area contributed by atoms with Crippen molar-refractivity contribution in [3.63, 3.8) is 0 Å². The van der Waals surface area contributed by atoms with Crippen LogP contribution in [-0.4, -0.2) is 13.0 Å². The van der Waals surface area contributed by atoms with Crippen molar-refractivity contribution >= 4 is 20.9 Å². The molecule has 2 aromatic carbocycles. The van der Waals surface area contributed by atoms with Crippen LogP contribution in [0.4, 0.5) is 0 Å². The van der Waals surface area contributed by atoms with Crippen LogP contribution in [0.25, 0.3) is 10.8 Å². The first-order valence-electron chi connectivity index (χ1n) is 16.0. The van der Waals surface area contributed by atoms with E-state index in [4.69, 9.17) is 0 Å². The molecular weight excluding hydrogens is 488 g/mol. The molecule has 0 aromatic heterocycles. The van der Waals surface area contributed by atoms with Gasteiger partial charge in [0.2, 0.25) is 0 Å². The Morgan fingerprint density at radius 2 is 0.921 bits per heavy atom. The fourth-order valence-corrected chi connectivity index (χ4v) is 6.35. The van der Waals surface area contributed by atoms with Gasteiger partial charge in [-0.3, -0.25) is 4.55 Å². The average Bonchev–Trinajstić information content (AvgIpc) is 2.89. The molecule has 0 bridgehead atoms. The number of aryl methyl sites for hydroxylation is 2. The van der Waals surface area contributed by atoms with E-state index >= 15 is 0 Å². The molecule has 216 valence electrons. The van der Waals surface area contributed by atoms with Crippen LogP contribution < -0.4 is 0 Å². The van der Waals surface area contributed by atoms with Gasteiger partial charge in [0.15, 0.2) is 0 Å². The minimum absolute atomic E-state index is 0.0579. The summed E-state index contributed by atoms with van der Waals surface area (Å²) >= 11 is 0. The van der Waals surface area contributed by atoms with Gasteiger partial charge in [-0.15, -0.1) is 0 Å². The van der Waals surface area contributed by atoms with Crippen LogP contribution in [-0.2, 0) is 23.0 Å². The van der Waals surface area contributed by atoms with Gasteiger partial charge in [0.1, 0.15) is 4.90 Å². The molecule has 0 aliphatic rings. The number of rotatable bonds is 23. The summed E-state index contributed by atoms with van der Waals surface area (Å²) in [5.74, 6) is 0. The molecule has 0 aliphatic heterocycles. The van der Waals surface area contributed by atoms with Crippen LogP contribution in [0.5, 0.6) is 0 Å². The second kappa shape index (κ2) is 19.6. The van der Waals surface area contributed by atoms with Gasteiger partial charge in [0, 0.05) is 5.39 Å². The molecule has 0 fully saturated rings. The van der Waals surface area contributed by atoms with Crippen molar-refractivity contribution in [3.8, 4) is 0 Å². The zero-order valence-corrected chi connectivity index (χ0v) is 25.4. The maximum Gasteiger partial charge on any atom is 0.295 e. The standard InChI is InChI=1S/C34H56O3S/c1-3-5-7-9-11-13-15-17-19-21-23-30-25-26-33-32(27-30)28-31(29-34(33)38(35,36)37)24-22-20-18-16-14-12-10-8-6-4-2/h25-29H,3-24H2,1-2H3,(H,35,36,37). The Hall–Kier alpha value is -1.39. The maximum absolute atomic E-state index is 12.2. The molecular formula is C34H56O3S. The summed E-state index contributed by atoms with van der Waals surface area (Å²) in [6.07, 6.45) is 28.0. The second-order valence-electron chi connectivity index (χ2n) is 11.5. The van der Waals surface area contributed by atoms with Crippen LogP contribution in [0.3, 0.4) is 0 Å². The molecule has 0 saturated carbocycles. The van der Waals surface area contributed by atoms with E-state index in [9.17, 15) is 13.0 Å². The molecule has 0 unspecified atom stereocenters. The lowest BCUT2D eigenvalue weighted by Crippen LogP contribution is -2.01. The largest absolute Gasteiger partial charge is 0.295 e. The van der Waals surface area contributed by atoms with Gasteiger partial charge in [-0.25, -0.2) is 0 Å². The molecule has 0 spiro atoms. The van der Waals surface area contributed by atoms with Gasteiger partial charge < -0.3 is 0 Å². The molecule has 0 atom stereocenters. The Morgan fingerprint density at radius 3 is 1.37 bits per heavy atom. The van der Waals surface area contributed by atoms with Crippen molar-refractivity contribution in [3.05, 3.63) is 41.5 Å². The van der Waals surface area contributed by atoms with Crippen molar-refractivity contribution in [2.45, 2.75) is 160 Å². The van der Waals surface area contributed by atoms with E-state index in [1.807, 2.05) is 12.1 Å². The zero-order chi connectivity index (χ0) is 27.5. The van der Waals surface area contributed by atoms with Gasteiger partial charge in [0.05, 0.1) is 0 Å². The Kier molecular flexibility index (Phi) is 17.0. The fraction of sp³-hybridized carbons (Fsp3) is 0.706. The Morgan fingerprint density at radius 1 is 0.526 bits per heavy atom. The number of fused-ring (bicyclic) bond motifs is 1. The monoisotopic (exact) mass is 544 g/mol. The summed E-state index contributed by atoms with van der Waals surface area (Å²) in [5.41, 5.74) is 2.27. The summed E-state index contributed by atoms with van der Waals surface area (Å²) < 4.78 is 34.2. The van der Waals surface area contributed by atoms with Crippen LogP contribution >= 0.6 is 0 Å². The average molecular weight is 545 g/mol. The van der Waals surface area contributed by atoms with Gasteiger partial charge in [0.25, 0.3) is 10.1 Å². The fourth-order valence-electron chi connectivity index (χ4n) is 5.59. The lowest BCUT2D eigenvalue weighted by atomic mass is 9.98. The zero-order valence-electron chi connectivity index (χ0n) is 24.6. The van der Waals surface area contributed by atoms with E-state index in [0.29, 0.717) is 5.39 Å². The van der Waals surface area contributed by atoms with Crippen molar-refractivity contribution in [2.24, 2.45) is 0 Å². The van der Waals surface area contributed by atoms with E-state index in [0.717, 1.165) is 30.2 Å². The van der Waals surface area contributed by atoms with E-state index in [1.165, 1.54) is 128 Å². The van der Waals surface area contributed by atoms with Gasteiger partial charge >= 0.3 is 0 Å². The second-order valence-corrected chi connectivity index (χ2v) is 12.9. The molecule has 0 aliphatic carbocycles. The number of hydrogen-bond donors (Lipinski definition) is 1. The summed E-state index contributed by atoms with van der Waals surface area (Å²) in [4.78, 5) is 0.0579. The first-order valence-corrected chi connectivity index (χ1v) is 17.4. The molecule has 2 rings (SSSR count). The Labute approximate surface area is 235 Å². The molecule has 1 N–H and O–H groups in total. The summed E-state index contributed by atoms with van der Waals surface area (Å²) in [6.45, 7) is 4.52. The molecule has 2 aromatic rings. The SMILES string of the molecule is CCCCCCCCCCCCc1ccc2c(S(=O)(=O)O)cc(CCCCCCCCCCCC)cc2c1. The van der Waals surface area contributed by atoms with E-state index in [-0.39, 0.29) is 4.90 Å². The molecule has 0 heterocycles. The first kappa shape index (κ1) is 32.8. The highest BCUT2D eigenvalue weighted by molar-refractivity contribution is 7.86. The summed E-state index contributed by atoms with van der Waals surface area (Å²) in [5, 5.41) is 1.57. The normalized spacial score (nSPS) is 12.0. The topological polar surface area (TPSA) is 54.4 Å². The highest BCUT2D eigenvalue weighted by atomic mass is 32.2. The third-order valence-electron chi connectivity index (χ3n) is 7.95.